The molecule has 25 heavy (non-hydrogen) atoms. The molecule has 7 heteroatoms. The zero-order valence-corrected chi connectivity index (χ0v) is 14.8. The second kappa shape index (κ2) is 7.29. The van der Waals surface area contributed by atoms with Crippen molar-refractivity contribution >= 4 is 17.7 Å². The Labute approximate surface area is 145 Å². The summed E-state index contributed by atoms with van der Waals surface area (Å²) in [7, 11) is 0. The number of hydrogen-bond donors (Lipinski definition) is 2. The molecule has 2 aromatic rings. The summed E-state index contributed by atoms with van der Waals surface area (Å²) in [6.45, 7) is 7.14. The van der Waals surface area contributed by atoms with E-state index in [4.69, 9.17) is 10.5 Å². The number of ketones is 1. The van der Waals surface area contributed by atoms with Crippen LogP contribution in [0.5, 0.6) is 0 Å². The Kier molecular flexibility index (Phi) is 5.36. The molecule has 0 saturated heterocycles. The summed E-state index contributed by atoms with van der Waals surface area (Å²) < 4.78 is 6.66. The van der Waals surface area contributed by atoms with Gasteiger partial charge < -0.3 is 15.5 Å². The number of primary amides is 1. The van der Waals surface area contributed by atoms with Crippen LogP contribution in [0.4, 0.5) is 0 Å². The lowest BCUT2D eigenvalue weighted by Gasteiger charge is -2.07. The largest absolute Gasteiger partial charge is 0.462 e. The van der Waals surface area contributed by atoms with Crippen molar-refractivity contribution in [3.8, 4) is 0 Å². The number of amides is 1. The Hall–Kier alpha value is -2.96. The van der Waals surface area contributed by atoms with Gasteiger partial charge in [-0.25, -0.2) is 4.79 Å². The Morgan fingerprint density at radius 1 is 1.32 bits per heavy atom. The first-order chi connectivity index (χ1) is 11.8. The molecule has 0 unspecified atom stereocenters. The first-order valence-electron chi connectivity index (χ1n) is 7.99. The highest BCUT2D eigenvalue weighted by atomic mass is 16.5. The van der Waals surface area contributed by atoms with Gasteiger partial charge >= 0.3 is 5.97 Å². The standard InChI is InChI=1S/C18H21N3O4/c1-5-25-18(24)14-10(2)15(20-11(14)3)16(22)12(4)21-8-6-7-13(9-21)17(19)23/h6-9,12H,5H2,1-4H3,(H2-,19,20,22,23,24)/p+1/t12-/m1/s1. The van der Waals surface area contributed by atoms with Gasteiger partial charge in [0.05, 0.1) is 17.9 Å². The minimum atomic E-state index is -0.578. The van der Waals surface area contributed by atoms with Gasteiger partial charge in [0.25, 0.3) is 5.91 Å². The number of carbonyl (C=O) groups is 3. The SMILES string of the molecule is CCOC(=O)c1c(C)[nH]c(C(=O)[C@@H](C)[n+]2cccc(C(N)=O)c2)c1C. The number of pyridine rings is 1. The molecule has 0 fully saturated rings. The van der Waals surface area contributed by atoms with Gasteiger partial charge in [-0.3, -0.25) is 9.59 Å². The van der Waals surface area contributed by atoms with Crippen molar-refractivity contribution < 1.29 is 23.7 Å². The first kappa shape index (κ1) is 18.4. The molecule has 0 spiro atoms. The average Bonchev–Trinajstić information content (AvgIpc) is 2.88. The molecule has 2 aromatic heterocycles. The third-order valence-electron chi connectivity index (χ3n) is 4.10. The second-order valence-corrected chi connectivity index (χ2v) is 5.79. The van der Waals surface area contributed by atoms with Gasteiger partial charge in [0, 0.05) is 18.7 Å². The van der Waals surface area contributed by atoms with Crippen LogP contribution >= 0.6 is 0 Å². The van der Waals surface area contributed by atoms with Gasteiger partial charge in [-0.1, -0.05) is 0 Å². The van der Waals surface area contributed by atoms with Crippen molar-refractivity contribution in [2.45, 2.75) is 33.7 Å². The number of Topliss-reactive ketones (excluding diaryl/α,β-unsaturated/α-hetero) is 1. The van der Waals surface area contributed by atoms with E-state index in [-0.39, 0.29) is 12.4 Å². The molecule has 0 aliphatic carbocycles. The second-order valence-electron chi connectivity index (χ2n) is 5.79. The molecule has 0 bridgehead atoms. The maximum Gasteiger partial charge on any atom is 0.340 e. The van der Waals surface area contributed by atoms with Crippen LogP contribution in [0.15, 0.2) is 24.5 Å². The molecule has 1 amide bonds. The van der Waals surface area contributed by atoms with Crippen LogP contribution in [0.25, 0.3) is 0 Å². The van der Waals surface area contributed by atoms with Gasteiger partial charge in [0.2, 0.25) is 11.8 Å². The number of hydrogen-bond acceptors (Lipinski definition) is 4. The average molecular weight is 344 g/mol. The number of aryl methyl sites for hydroxylation is 1. The van der Waals surface area contributed by atoms with Crippen molar-refractivity contribution in [2.75, 3.05) is 6.61 Å². The zero-order chi connectivity index (χ0) is 18.7. The number of aromatic amines is 1. The van der Waals surface area contributed by atoms with Crippen molar-refractivity contribution in [1.82, 2.24) is 4.98 Å². The molecule has 0 aliphatic rings. The van der Waals surface area contributed by atoms with E-state index >= 15 is 0 Å². The summed E-state index contributed by atoms with van der Waals surface area (Å²) >= 11 is 0. The quantitative estimate of drug-likeness (QED) is 0.472. The third kappa shape index (κ3) is 3.60. The molecule has 0 aliphatic heterocycles. The van der Waals surface area contributed by atoms with Gasteiger partial charge in [-0.15, -0.1) is 0 Å². The number of ether oxygens (including phenoxy) is 1. The summed E-state index contributed by atoms with van der Waals surface area (Å²) in [4.78, 5) is 39.2. The molecule has 7 nitrogen and oxygen atoms in total. The van der Waals surface area contributed by atoms with E-state index in [1.54, 1.807) is 50.6 Å². The summed E-state index contributed by atoms with van der Waals surface area (Å²) in [6.07, 6.45) is 3.22. The van der Waals surface area contributed by atoms with E-state index in [0.717, 1.165) is 0 Å². The fraction of sp³-hybridized carbons (Fsp3) is 0.333. The Balaban J connectivity index is 2.38. The molecule has 2 rings (SSSR count). The van der Waals surface area contributed by atoms with Crippen LogP contribution in [-0.4, -0.2) is 29.3 Å². The van der Waals surface area contributed by atoms with E-state index in [9.17, 15) is 14.4 Å². The molecule has 0 radical (unpaired) electrons. The third-order valence-corrected chi connectivity index (χ3v) is 4.10. The van der Waals surface area contributed by atoms with E-state index in [1.807, 2.05) is 0 Å². The minimum Gasteiger partial charge on any atom is -0.462 e. The highest BCUT2D eigenvalue weighted by Gasteiger charge is 2.30. The monoisotopic (exact) mass is 344 g/mol. The Bertz CT molecular complexity index is 839. The van der Waals surface area contributed by atoms with Gasteiger partial charge in [0.1, 0.15) is 5.56 Å². The molecule has 3 N–H and O–H groups in total. The lowest BCUT2D eigenvalue weighted by molar-refractivity contribution is -0.704. The van der Waals surface area contributed by atoms with E-state index in [2.05, 4.69) is 4.98 Å². The topological polar surface area (TPSA) is 106 Å². The predicted octanol–water partition coefficient (Wildman–Crippen LogP) is 1.64. The number of H-pyrrole nitrogens is 1. The maximum absolute atomic E-state index is 12.9. The van der Waals surface area contributed by atoms with Crippen LogP contribution < -0.4 is 10.3 Å². The van der Waals surface area contributed by atoms with Crippen LogP contribution in [0.1, 0.15) is 62.4 Å². The maximum atomic E-state index is 12.9. The van der Waals surface area contributed by atoms with E-state index in [0.29, 0.717) is 28.1 Å². The Morgan fingerprint density at radius 3 is 2.60 bits per heavy atom. The lowest BCUT2D eigenvalue weighted by atomic mass is 10.0. The minimum absolute atomic E-state index is 0.206. The van der Waals surface area contributed by atoms with Crippen molar-refractivity contribution in [2.24, 2.45) is 5.73 Å². The smallest absolute Gasteiger partial charge is 0.340 e. The number of aromatic nitrogens is 2. The predicted molar refractivity (Wildman–Crippen MR) is 90.4 cm³/mol. The number of nitrogens with two attached hydrogens (primary N) is 1. The molecule has 0 aromatic carbocycles. The van der Waals surface area contributed by atoms with Gasteiger partial charge in [-0.05, 0) is 32.4 Å². The number of nitrogens with one attached hydrogen (secondary N) is 1. The number of esters is 1. The molecular formula is C18H22N3O4+. The van der Waals surface area contributed by atoms with Crippen LogP contribution in [0.2, 0.25) is 0 Å². The van der Waals surface area contributed by atoms with E-state index < -0.39 is 17.9 Å². The highest BCUT2D eigenvalue weighted by Crippen LogP contribution is 2.21. The van der Waals surface area contributed by atoms with Crippen LogP contribution in [-0.2, 0) is 4.74 Å². The summed E-state index contributed by atoms with van der Waals surface area (Å²) in [5.41, 5.74) is 7.47. The number of carbonyl (C=O) groups excluding carboxylic acids is 3. The molecule has 0 saturated carbocycles. The van der Waals surface area contributed by atoms with Crippen LogP contribution in [0, 0.1) is 13.8 Å². The van der Waals surface area contributed by atoms with Crippen molar-refractivity contribution in [3.05, 3.63) is 52.6 Å². The van der Waals surface area contributed by atoms with Crippen molar-refractivity contribution in [3.63, 3.8) is 0 Å². The number of nitrogens with zero attached hydrogens (tertiary/aromatic N) is 1. The van der Waals surface area contributed by atoms with E-state index in [1.165, 1.54) is 6.20 Å². The van der Waals surface area contributed by atoms with Gasteiger partial charge in [-0.2, -0.15) is 4.57 Å². The number of rotatable bonds is 6. The summed E-state index contributed by atoms with van der Waals surface area (Å²) in [6, 6.07) is 2.66. The molecular weight excluding hydrogens is 322 g/mol. The van der Waals surface area contributed by atoms with Crippen LogP contribution in [0.3, 0.4) is 0 Å². The molecule has 1 atom stereocenters. The normalized spacial score (nSPS) is 11.8. The summed E-state index contributed by atoms with van der Waals surface area (Å²) in [5, 5.41) is 0. The molecule has 2 heterocycles. The van der Waals surface area contributed by atoms with Gasteiger partial charge in [0.15, 0.2) is 12.4 Å². The fourth-order valence-electron chi connectivity index (χ4n) is 2.73. The molecule has 132 valence electrons. The summed E-state index contributed by atoms with van der Waals surface area (Å²) in [5.74, 6) is -1.22. The lowest BCUT2D eigenvalue weighted by Crippen LogP contribution is -2.43. The zero-order valence-electron chi connectivity index (χ0n) is 14.8. The first-order valence-corrected chi connectivity index (χ1v) is 7.99. The van der Waals surface area contributed by atoms with Crippen molar-refractivity contribution in [1.29, 1.82) is 0 Å². The fourth-order valence-corrected chi connectivity index (χ4v) is 2.73. The Morgan fingerprint density at radius 2 is 2.00 bits per heavy atom. The highest BCUT2D eigenvalue weighted by molar-refractivity contribution is 6.02.